The van der Waals surface area contributed by atoms with Gasteiger partial charge in [0.05, 0.1) is 18.8 Å². The SMILES string of the molecule is CCN(c1cccc(C)c1)c1ncc(C(=O)N2CCC3(CC2)OCCO3)cn1. The molecule has 1 aromatic carbocycles. The van der Waals surface area contributed by atoms with Gasteiger partial charge in [0.2, 0.25) is 5.95 Å². The van der Waals surface area contributed by atoms with Gasteiger partial charge in [-0.1, -0.05) is 12.1 Å². The van der Waals surface area contributed by atoms with Crippen molar-refractivity contribution < 1.29 is 14.3 Å². The number of amides is 1. The Hall–Kier alpha value is -2.51. The van der Waals surface area contributed by atoms with Gasteiger partial charge in [0.25, 0.3) is 5.91 Å². The van der Waals surface area contributed by atoms with Crippen molar-refractivity contribution in [2.45, 2.75) is 32.5 Å². The second-order valence-electron chi connectivity index (χ2n) is 7.25. The zero-order chi connectivity index (χ0) is 19.6. The number of piperidine rings is 1. The first-order chi connectivity index (χ1) is 13.6. The van der Waals surface area contributed by atoms with Crippen LogP contribution in [-0.2, 0) is 9.47 Å². The highest BCUT2D eigenvalue weighted by atomic mass is 16.7. The summed E-state index contributed by atoms with van der Waals surface area (Å²) in [6.45, 7) is 7.36. The molecule has 148 valence electrons. The molecule has 2 saturated heterocycles. The Kier molecular flexibility index (Phi) is 5.28. The van der Waals surface area contributed by atoms with Crippen LogP contribution in [-0.4, -0.2) is 59.4 Å². The Labute approximate surface area is 165 Å². The second kappa shape index (κ2) is 7.85. The van der Waals surface area contributed by atoms with Crippen molar-refractivity contribution in [1.82, 2.24) is 14.9 Å². The van der Waals surface area contributed by atoms with Crippen LogP contribution in [0.4, 0.5) is 11.6 Å². The monoisotopic (exact) mass is 382 g/mol. The highest BCUT2D eigenvalue weighted by Crippen LogP contribution is 2.31. The van der Waals surface area contributed by atoms with Gasteiger partial charge in [-0.25, -0.2) is 9.97 Å². The van der Waals surface area contributed by atoms with Gasteiger partial charge in [0.1, 0.15) is 0 Å². The summed E-state index contributed by atoms with van der Waals surface area (Å²) in [5.41, 5.74) is 2.73. The standard InChI is InChI=1S/C21H26N4O3/c1-3-25(18-6-4-5-16(2)13-18)20-22-14-17(15-23-20)19(26)24-9-7-21(8-10-24)27-11-12-28-21/h4-6,13-15H,3,7-12H2,1-2H3. The van der Waals surface area contributed by atoms with Crippen molar-refractivity contribution in [2.75, 3.05) is 37.7 Å². The number of aryl methyl sites for hydroxylation is 1. The summed E-state index contributed by atoms with van der Waals surface area (Å²) in [5, 5.41) is 0. The van der Waals surface area contributed by atoms with Crippen LogP contribution in [0.2, 0.25) is 0 Å². The molecule has 1 aromatic heterocycles. The van der Waals surface area contributed by atoms with Crippen molar-refractivity contribution in [3.8, 4) is 0 Å². The molecule has 1 spiro atoms. The van der Waals surface area contributed by atoms with E-state index in [2.05, 4.69) is 35.9 Å². The molecule has 0 N–H and O–H groups in total. The molecule has 2 fully saturated rings. The van der Waals surface area contributed by atoms with E-state index >= 15 is 0 Å². The molecule has 7 nitrogen and oxygen atoms in total. The summed E-state index contributed by atoms with van der Waals surface area (Å²) in [5.74, 6) is 0.0695. The zero-order valence-corrected chi connectivity index (χ0v) is 16.4. The summed E-state index contributed by atoms with van der Waals surface area (Å²) in [6.07, 6.45) is 4.65. The van der Waals surface area contributed by atoms with E-state index in [4.69, 9.17) is 9.47 Å². The zero-order valence-electron chi connectivity index (χ0n) is 16.4. The first-order valence-corrected chi connectivity index (χ1v) is 9.84. The van der Waals surface area contributed by atoms with Crippen molar-refractivity contribution in [3.05, 3.63) is 47.8 Å². The van der Waals surface area contributed by atoms with Crippen LogP contribution >= 0.6 is 0 Å². The number of hydrogen-bond donors (Lipinski definition) is 0. The van der Waals surface area contributed by atoms with E-state index in [9.17, 15) is 4.79 Å². The van der Waals surface area contributed by atoms with E-state index in [-0.39, 0.29) is 5.91 Å². The smallest absolute Gasteiger partial charge is 0.256 e. The average molecular weight is 382 g/mol. The third-order valence-electron chi connectivity index (χ3n) is 5.38. The Morgan fingerprint density at radius 2 is 1.86 bits per heavy atom. The van der Waals surface area contributed by atoms with Crippen LogP contribution in [0.1, 0.15) is 35.7 Å². The Morgan fingerprint density at radius 3 is 2.46 bits per heavy atom. The third-order valence-corrected chi connectivity index (χ3v) is 5.38. The largest absolute Gasteiger partial charge is 0.347 e. The van der Waals surface area contributed by atoms with E-state index in [0.717, 1.165) is 12.2 Å². The Morgan fingerprint density at radius 1 is 1.18 bits per heavy atom. The van der Waals surface area contributed by atoms with E-state index in [1.807, 2.05) is 21.9 Å². The van der Waals surface area contributed by atoms with Crippen molar-refractivity contribution in [3.63, 3.8) is 0 Å². The fraction of sp³-hybridized carbons (Fsp3) is 0.476. The number of hydrogen-bond acceptors (Lipinski definition) is 6. The fourth-order valence-corrected chi connectivity index (χ4v) is 3.83. The normalized spacial score (nSPS) is 18.4. The van der Waals surface area contributed by atoms with Gasteiger partial charge in [0, 0.05) is 50.6 Å². The molecule has 0 saturated carbocycles. The van der Waals surface area contributed by atoms with Crippen LogP contribution < -0.4 is 4.90 Å². The van der Waals surface area contributed by atoms with E-state index in [1.165, 1.54) is 5.56 Å². The molecular weight excluding hydrogens is 356 g/mol. The lowest BCUT2D eigenvalue weighted by molar-refractivity contribution is -0.181. The number of benzene rings is 1. The quantitative estimate of drug-likeness (QED) is 0.810. The predicted octanol–water partition coefficient (Wildman–Crippen LogP) is 2.92. The minimum atomic E-state index is -0.480. The lowest BCUT2D eigenvalue weighted by Gasteiger charge is -2.37. The molecule has 7 heteroatoms. The molecule has 0 radical (unpaired) electrons. The van der Waals surface area contributed by atoms with Gasteiger partial charge in [-0.05, 0) is 31.5 Å². The van der Waals surface area contributed by atoms with Gasteiger partial charge in [0.15, 0.2) is 5.79 Å². The van der Waals surface area contributed by atoms with Gasteiger partial charge in [-0.15, -0.1) is 0 Å². The molecule has 0 aliphatic carbocycles. The molecule has 2 aromatic rings. The third kappa shape index (κ3) is 3.72. The first-order valence-electron chi connectivity index (χ1n) is 9.84. The molecule has 2 aliphatic heterocycles. The number of carbonyl (C=O) groups is 1. The summed E-state index contributed by atoms with van der Waals surface area (Å²) >= 11 is 0. The topological polar surface area (TPSA) is 67.8 Å². The highest BCUT2D eigenvalue weighted by molar-refractivity contribution is 5.93. The van der Waals surface area contributed by atoms with Crippen molar-refractivity contribution in [1.29, 1.82) is 0 Å². The van der Waals surface area contributed by atoms with Crippen LogP contribution in [0.25, 0.3) is 0 Å². The van der Waals surface area contributed by atoms with Gasteiger partial charge in [-0.2, -0.15) is 0 Å². The number of aromatic nitrogens is 2. The number of nitrogens with zero attached hydrogens (tertiary/aromatic N) is 4. The number of rotatable bonds is 4. The van der Waals surface area contributed by atoms with Crippen LogP contribution in [0, 0.1) is 6.92 Å². The maximum absolute atomic E-state index is 12.8. The second-order valence-corrected chi connectivity index (χ2v) is 7.25. The van der Waals surface area contributed by atoms with Crippen LogP contribution in [0.15, 0.2) is 36.7 Å². The molecule has 0 unspecified atom stereocenters. The number of ether oxygens (including phenoxy) is 2. The predicted molar refractivity (Wildman–Crippen MR) is 106 cm³/mol. The highest BCUT2D eigenvalue weighted by Gasteiger charge is 2.40. The minimum absolute atomic E-state index is 0.0435. The molecule has 3 heterocycles. The molecule has 0 bridgehead atoms. The number of carbonyl (C=O) groups excluding carboxylic acids is 1. The molecule has 4 rings (SSSR count). The molecule has 1 amide bonds. The van der Waals surface area contributed by atoms with E-state index in [0.29, 0.717) is 50.7 Å². The Bertz CT molecular complexity index is 824. The summed E-state index contributed by atoms with van der Waals surface area (Å²) in [7, 11) is 0. The lowest BCUT2D eigenvalue weighted by Crippen LogP contribution is -2.47. The maximum Gasteiger partial charge on any atom is 0.256 e. The minimum Gasteiger partial charge on any atom is -0.347 e. The van der Waals surface area contributed by atoms with Gasteiger partial charge < -0.3 is 19.3 Å². The summed E-state index contributed by atoms with van der Waals surface area (Å²) in [6, 6.07) is 8.22. The van der Waals surface area contributed by atoms with Gasteiger partial charge >= 0.3 is 0 Å². The van der Waals surface area contributed by atoms with Crippen LogP contribution in [0.3, 0.4) is 0 Å². The van der Waals surface area contributed by atoms with Gasteiger partial charge in [-0.3, -0.25) is 4.79 Å². The molecule has 2 aliphatic rings. The van der Waals surface area contributed by atoms with E-state index in [1.54, 1.807) is 12.4 Å². The maximum atomic E-state index is 12.8. The van der Waals surface area contributed by atoms with Crippen LogP contribution in [0.5, 0.6) is 0 Å². The number of anilines is 2. The van der Waals surface area contributed by atoms with Crippen molar-refractivity contribution in [2.24, 2.45) is 0 Å². The summed E-state index contributed by atoms with van der Waals surface area (Å²) < 4.78 is 11.5. The summed E-state index contributed by atoms with van der Waals surface area (Å²) in [4.78, 5) is 25.6. The Balaban J connectivity index is 1.44. The average Bonchev–Trinajstić information content (AvgIpc) is 3.17. The number of likely N-dealkylation sites (tertiary alicyclic amines) is 1. The molecular formula is C21H26N4O3. The molecule has 0 atom stereocenters. The molecule has 28 heavy (non-hydrogen) atoms. The first kappa shape index (κ1) is 18.8. The lowest BCUT2D eigenvalue weighted by atomic mass is 10.0. The van der Waals surface area contributed by atoms with E-state index < -0.39 is 5.79 Å². The van der Waals surface area contributed by atoms with Crippen molar-refractivity contribution >= 4 is 17.5 Å². The fourth-order valence-electron chi connectivity index (χ4n) is 3.83.